The molecule has 8 nitrogen and oxygen atoms in total. The van der Waals surface area contributed by atoms with E-state index < -0.39 is 46.8 Å². The maximum Gasteiger partial charge on any atom is 0.341 e. The number of carbonyl (C=O) groups is 1. The standard InChI is InChI=1S/C21H23NO7S/c1-11-6-7-17(12(2)8-11)30(26,27)22-20-14(23)9-16-19(20)13-4-3-5-15(21(13)29-16)28-10-18(24)25/h3-8,14,16,19-20,22-23H,9-10H2,1-2H3,(H,24,25). The average Bonchev–Trinajstić information content (AvgIpc) is 3.15. The molecule has 4 unspecified atom stereocenters. The van der Waals surface area contributed by atoms with E-state index in [-0.39, 0.29) is 17.1 Å². The smallest absolute Gasteiger partial charge is 0.341 e. The van der Waals surface area contributed by atoms with Gasteiger partial charge in [-0.05, 0) is 31.5 Å². The molecule has 30 heavy (non-hydrogen) atoms. The van der Waals surface area contributed by atoms with Crippen LogP contribution >= 0.6 is 0 Å². The van der Waals surface area contributed by atoms with Crippen molar-refractivity contribution < 1.29 is 32.9 Å². The van der Waals surface area contributed by atoms with E-state index in [4.69, 9.17) is 14.6 Å². The van der Waals surface area contributed by atoms with Gasteiger partial charge in [0.25, 0.3) is 0 Å². The van der Waals surface area contributed by atoms with E-state index >= 15 is 0 Å². The van der Waals surface area contributed by atoms with Crippen molar-refractivity contribution in [2.75, 3.05) is 6.61 Å². The van der Waals surface area contributed by atoms with Crippen LogP contribution in [-0.2, 0) is 14.8 Å². The third kappa shape index (κ3) is 3.64. The van der Waals surface area contributed by atoms with Gasteiger partial charge in [-0.15, -0.1) is 0 Å². The second kappa shape index (κ2) is 7.57. The monoisotopic (exact) mass is 433 g/mol. The van der Waals surface area contributed by atoms with Gasteiger partial charge in [-0.2, -0.15) is 0 Å². The largest absolute Gasteiger partial charge is 0.485 e. The molecule has 0 radical (unpaired) electrons. The number of para-hydroxylation sites is 1. The van der Waals surface area contributed by atoms with Crippen LogP contribution in [-0.4, -0.2) is 49.5 Å². The maximum atomic E-state index is 13.1. The number of aliphatic hydroxyl groups excluding tert-OH is 1. The molecule has 2 aromatic rings. The number of aryl methyl sites for hydroxylation is 2. The van der Waals surface area contributed by atoms with Gasteiger partial charge >= 0.3 is 5.97 Å². The number of aliphatic carboxylic acids is 1. The minimum atomic E-state index is -3.87. The van der Waals surface area contributed by atoms with E-state index in [1.165, 1.54) is 0 Å². The van der Waals surface area contributed by atoms with Crippen molar-refractivity contribution in [2.24, 2.45) is 0 Å². The highest BCUT2D eigenvalue weighted by molar-refractivity contribution is 7.89. The number of ether oxygens (including phenoxy) is 2. The van der Waals surface area contributed by atoms with Crippen LogP contribution in [0.2, 0.25) is 0 Å². The number of hydrogen-bond donors (Lipinski definition) is 3. The molecular formula is C21H23NO7S. The summed E-state index contributed by atoms with van der Waals surface area (Å²) in [6.07, 6.45) is -1.11. The molecule has 1 aliphatic heterocycles. The summed E-state index contributed by atoms with van der Waals surface area (Å²) in [6, 6.07) is 9.39. The van der Waals surface area contributed by atoms with Crippen LogP contribution in [0.5, 0.6) is 11.5 Å². The second-order valence-corrected chi connectivity index (χ2v) is 9.44. The molecule has 3 N–H and O–H groups in total. The molecule has 2 aliphatic rings. The minimum absolute atomic E-state index is 0.168. The van der Waals surface area contributed by atoms with Gasteiger partial charge in [-0.25, -0.2) is 17.9 Å². The number of aliphatic hydroxyl groups is 1. The number of benzene rings is 2. The van der Waals surface area contributed by atoms with Crippen molar-refractivity contribution in [3.63, 3.8) is 0 Å². The van der Waals surface area contributed by atoms with Crippen molar-refractivity contribution in [2.45, 2.75) is 49.3 Å². The predicted molar refractivity (Wildman–Crippen MR) is 107 cm³/mol. The van der Waals surface area contributed by atoms with Gasteiger partial charge in [0.05, 0.1) is 17.0 Å². The first-order valence-corrected chi connectivity index (χ1v) is 11.1. The minimum Gasteiger partial charge on any atom is -0.485 e. The van der Waals surface area contributed by atoms with Gasteiger partial charge in [0.15, 0.2) is 18.1 Å². The Morgan fingerprint density at radius 1 is 1.27 bits per heavy atom. The normalized spacial score (nSPS) is 24.8. The Morgan fingerprint density at radius 2 is 2.03 bits per heavy atom. The summed E-state index contributed by atoms with van der Waals surface area (Å²) in [5.41, 5.74) is 2.27. The van der Waals surface area contributed by atoms with Gasteiger partial charge in [0.1, 0.15) is 6.10 Å². The molecule has 2 aromatic carbocycles. The molecule has 4 rings (SSSR count). The van der Waals surface area contributed by atoms with Gasteiger partial charge in [-0.3, -0.25) is 0 Å². The van der Waals surface area contributed by atoms with Gasteiger partial charge in [0.2, 0.25) is 10.0 Å². The molecule has 9 heteroatoms. The van der Waals surface area contributed by atoms with E-state index in [9.17, 15) is 18.3 Å². The quantitative estimate of drug-likeness (QED) is 0.634. The number of nitrogens with one attached hydrogen (secondary N) is 1. The Hall–Kier alpha value is -2.62. The molecule has 1 aliphatic carbocycles. The van der Waals surface area contributed by atoms with E-state index in [0.29, 0.717) is 16.9 Å². The fraction of sp³-hybridized carbons (Fsp3) is 0.381. The Balaban J connectivity index is 1.64. The summed E-state index contributed by atoms with van der Waals surface area (Å²) in [6.45, 7) is 3.11. The van der Waals surface area contributed by atoms with Crippen molar-refractivity contribution in [1.29, 1.82) is 0 Å². The lowest BCUT2D eigenvalue weighted by Gasteiger charge is -2.23. The lowest BCUT2D eigenvalue weighted by atomic mass is 9.94. The van der Waals surface area contributed by atoms with Gasteiger partial charge < -0.3 is 19.7 Å². The van der Waals surface area contributed by atoms with Crippen LogP contribution in [0.4, 0.5) is 0 Å². The summed E-state index contributed by atoms with van der Waals surface area (Å²) in [7, 11) is -3.87. The number of rotatable bonds is 6. The Labute approximate surface area is 174 Å². The summed E-state index contributed by atoms with van der Waals surface area (Å²) >= 11 is 0. The van der Waals surface area contributed by atoms with Crippen molar-refractivity contribution in [1.82, 2.24) is 4.72 Å². The topological polar surface area (TPSA) is 122 Å². The Morgan fingerprint density at radius 3 is 2.73 bits per heavy atom. The summed E-state index contributed by atoms with van der Waals surface area (Å²) < 4.78 is 40.0. The van der Waals surface area contributed by atoms with Crippen LogP contribution in [0.25, 0.3) is 0 Å². The number of carboxylic acid groups (broad SMARTS) is 1. The second-order valence-electron chi connectivity index (χ2n) is 7.76. The molecular weight excluding hydrogens is 410 g/mol. The first-order chi connectivity index (χ1) is 14.2. The third-order valence-electron chi connectivity index (χ3n) is 5.58. The Bertz CT molecular complexity index is 1100. The average molecular weight is 433 g/mol. The number of hydrogen-bond acceptors (Lipinski definition) is 6. The Kier molecular flexibility index (Phi) is 5.21. The maximum absolute atomic E-state index is 13.1. The first kappa shape index (κ1) is 20.6. The molecule has 0 aromatic heterocycles. The SMILES string of the molecule is Cc1ccc(S(=O)(=O)NC2C(O)CC3Oc4c(OCC(=O)O)cccc4C32)c(C)c1. The molecule has 1 heterocycles. The number of sulfonamides is 1. The fourth-order valence-corrected chi connectivity index (χ4v) is 5.86. The molecule has 1 saturated carbocycles. The van der Waals surface area contributed by atoms with Crippen molar-refractivity contribution >= 4 is 16.0 Å². The van der Waals surface area contributed by atoms with E-state index in [1.54, 1.807) is 43.3 Å². The molecule has 1 fully saturated rings. The summed E-state index contributed by atoms with van der Waals surface area (Å²) in [5, 5.41) is 19.4. The first-order valence-electron chi connectivity index (χ1n) is 9.59. The van der Waals surface area contributed by atoms with E-state index in [2.05, 4.69) is 4.72 Å². The molecule has 160 valence electrons. The number of fused-ring (bicyclic) bond motifs is 3. The number of carboxylic acids is 1. The van der Waals surface area contributed by atoms with Crippen LogP contribution in [0.3, 0.4) is 0 Å². The zero-order chi connectivity index (χ0) is 21.6. The lowest BCUT2D eigenvalue weighted by Crippen LogP contribution is -2.43. The summed E-state index contributed by atoms with van der Waals surface area (Å²) in [5.74, 6) is -0.838. The molecule has 0 amide bonds. The molecule has 0 bridgehead atoms. The molecule has 0 saturated heterocycles. The molecule has 4 atom stereocenters. The highest BCUT2D eigenvalue weighted by Gasteiger charge is 2.51. The van der Waals surface area contributed by atoms with Crippen molar-refractivity contribution in [3.05, 3.63) is 53.1 Å². The van der Waals surface area contributed by atoms with Gasteiger partial charge in [0, 0.05) is 17.9 Å². The predicted octanol–water partition coefficient (Wildman–Crippen LogP) is 1.72. The van der Waals surface area contributed by atoms with Crippen LogP contribution in [0.1, 0.15) is 29.0 Å². The fourth-order valence-electron chi connectivity index (χ4n) is 4.34. The van der Waals surface area contributed by atoms with E-state index in [1.807, 2.05) is 6.92 Å². The van der Waals surface area contributed by atoms with Crippen LogP contribution in [0.15, 0.2) is 41.3 Å². The summed E-state index contributed by atoms with van der Waals surface area (Å²) in [4.78, 5) is 11.0. The highest BCUT2D eigenvalue weighted by atomic mass is 32.2. The third-order valence-corrected chi connectivity index (χ3v) is 7.20. The van der Waals surface area contributed by atoms with Gasteiger partial charge in [-0.1, -0.05) is 29.8 Å². The zero-order valence-electron chi connectivity index (χ0n) is 16.5. The van der Waals surface area contributed by atoms with Crippen LogP contribution < -0.4 is 14.2 Å². The zero-order valence-corrected chi connectivity index (χ0v) is 17.3. The van der Waals surface area contributed by atoms with Crippen molar-refractivity contribution in [3.8, 4) is 11.5 Å². The van der Waals surface area contributed by atoms with Crippen LogP contribution in [0, 0.1) is 13.8 Å². The van der Waals surface area contributed by atoms with E-state index in [0.717, 1.165) is 5.56 Å². The molecule has 0 spiro atoms. The highest BCUT2D eigenvalue weighted by Crippen LogP contribution is 2.51. The lowest BCUT2D eigenvalue weighted by molar-refractivity contribution is -0.139.